The van der Waals surface area contributed by atoms with Crippen molar-refractivity contribution in [1.82, 2.24) is 10.2 Å². The van der Waals surface area contributed by atoms with Gasteiger partial charge < -0.3 is 20.3 Å². The number of carbonyl (C=O) groups excluding carboxylic acids is 1. The van der Waals surface area contributed by atoms with Gasteiger partial charge >= 0.3 is 0 Å². The van der Waals surface area contributed by atoms with Crippen LogP contribution in [0, 0.1) is 0 Å². The number of rotatable bonds is 4. The normalized spacial score (nSPS) is 22.6. The summed E-state index contributed by atoms with van der Waals surface area (Å²) in [5.74, 6) is 1.15. The van der Waals surface area contributed by atoms with E-state index in [1.54, 1.807) is 7.11 Å². The Morgan fingerprint density at radius 2 is 2.14 bits per heavy atom. The molecule has 2 aliphatic heterocycles. The Kier molecular flexibility index (Phi) is 4.83. The average Bonchev–Trinajstić information content (AvgIpc) is 3.09. The van der Waals surface area contributed by atoms with Crippen LogP contribution >= 0.6 is 0 Å². The molecule has 2 heterocycles. The molecular formula is C17H25N3O2. The minimum absolute atomic E-state index is 0.0582. The molecule has 0 spiro atoms. The second-order valence-electron chi connectivity index (χ2n) is 6.12. The highest BCUT2D eigenvalue weighted by Gasteiger charge is 2.29. The fourth-order valence-electron chi connectivity index (χ4n) is 3.31. The number of ether oxygens (including phenoxy) is 1. The third-order valence-corrected chi connectivity index (χ3v) is 4.61. The Bertz CT molecular complexity index is 506. The zero-order valence-electron chi connectivity index (χ0n) is 13.2. The predicted octanol–water partition coefficient (Wildman–Crippen LogP) is 1.85. The van der Waals surface area contributed by atoms with Crippen LogP contribution in [0.25, 0.3) is 0 Å². The fourth-order valence-corrected chi connectivity index (χ4v) is 3.31. The number of hydrogen-bond donors (Lipinski definition) is 2. The summed E-state index contributed by atoms with van der Waals surface area (Å²) in [7, 11) is 1.68. The van der Waals surface area contributed by atoms with Crippen molar-refractivity contribution in [1.29, 1.82) is 0 Å². The summed E-state index contributed by atoms with van der Waals surface area (Å²) in [6.45, 7) is 2.67. The zero-order valence-corrected chi connectivity index (χ0v) is 13.2. The molecule has 0 aromatic heterocycles. The van der Waals surface area contributed by atoms with Crippen molar-refractivity contribution in [2.24, 2.45) is 0 Å². The van der Waals surface area contributed by atoms with Gasteiger partial charge in [0.15, 0.2) is 0 Å². The number of likely N-dealkylation sites (tertiary alicyclic amines) is 1. The maximum Gasteiger partial charge on any atom is 0.239 e. The van der Waals surface area contributed by atoms with E-state index in [9.17, 15) is 4.79 Å². The lowest BCUT2D eigenvalue weighted by molar-refractivity contribution is -0.134. The van der Waals surface area contributed by atoms with Crippen LogP contribution < -0.4 is 15.4 Å². The van der Waals surface area contributed by atoms with Gasteiger partial charge in [0.2, 0.25) is 5.91 Å². The van der Waals surface area contributed by atoms with Crippen molar-refractivity contribution in [3.05, 3.63) is 24.3 Å². The van der Waals surface area contributed by atoms with Gasteiger partial charge in [-0.25, -0.2) is 0 Å². The van der Waals surface area contributed by atoms with Gasteiger partial charge in [0, 0.05) is 30.9 Å². The molecule has 3 rings (SSSR count). The Hall–Kier alpha value is -1.75. The van der Waals surface area contributed by atoms with Crippen LogP contribution in [0.15, 0.2) is 24.3 Å². The highest BCUT2D eigenvalue weighted by Crippen LogP contribution is 2.21. The van der Waals surface area contributed by atoms with Crippen molar-refractivity contribution < 1.29 is 9.53 Å². The summed E-state index contributed by atoms with van der Waals surface area (Å²) >= 11 is 0. The molecule has 5 nitrogen and oxygen atoms in total. The van der Waals surface area contributed by atoms with Gasteiger partial charge in [-0.1, -0.05) is 6.07 Å². The number of methoxy groups -OCH3 is 1. The number of benzene rings is 1. The van der Waals surface area contributed by atoms with Gasteiger partial charge in [-0.2, -0.15) is 0 Å². The van der Waals surface area contributed by atoms with Gasteiger partial charge in [-0.3, -0.25) is 4.79 Å². The minimum atomic E-state index is 0.0582. The Morgan fingerprint density at radius 1 is 1.32 bits per heavy atom. The fraction of sp³-hybridized carbons (Fsp3) is 0.588. The molecule has 0 radical (unpaired) electrons. The molecule has 2 fully saturated rings. The van der Waals surface area contributed by atoms with Crippen LogP contribution in [0.1, 0.15) is 25.7 Å². The summed E-state index contributed by atoms with van der Waals surface area (Å²) in [5.41, 5.74) is 1.08. The van der Waals surface area contributed by atoms with Crippen LogP contribution in [-0.4, -0.2) is 49.6 Å². The lowest BCUT2D eigenvalue weighted by atomic mass is 10.0. The molecule has 120 valence electrons. The molecule has 2 aliphatic rings. The molecule has 1 aromatic carbocycles. The van der Waals surface area contributed by atoms with Gasteiger partial charge in [-0.15, -0.1) is 0 Å². The largest absolute Gasteiger partial charge is 0.497 e. The van der Waals surface area contributed by atoms with Gasteiger partial charge in [0.25, 0.3) is 0 Å². The first-order chi connectivity index (χ1) is 10.8. The Morgan fingerprint density at radius 3 is 2.82 bits per heavy atom. The molecule has 1 atom stereocenters. The van der Waals surface area contributed by atoms with E-state index in [0.29, 0.717) is 6.04 Å². The number of nitrogens with one attached hydrogen (secondary N) is 2. The summed E-state index contributed by atoms with van der Waals surface area (Å²) in [4.78, 5) is 14.4. The van der Waals surface area contributed by atoms with Crippen LogP contribution in [0.3, 0.4) is 0 Å². The number of nitrogens with zero attached hydrogens (tertiary/aromatic N) is 1. The number of amides is 1. The van der Waals surface area contributed by atoms with E-state index in [-0.39, 0.29) is 11.9 Å². The third-order valence-electron chi connectivity index (χ3n) is 4.61. The molecule has 2 N–H and O–H groups in total. The quantitative estimate of drug-likeness (QED) is 0.891. The smallest absolute Gasteiger partial charge is 0.239 e. The van der Waals surface area contributed by atoms with Crippen LogP contribution in [0.4, 0.5) is 5.69 Å². The topological polar surface area (TPSA) is 53.6 Å². The summed E-state index contributed by atoms with van der Waals surface area (Å²) in [5, 5.41) is 6.85. The van der Waals surface area contributed by atoms with Gasteiger partial charge in [-0.05, 0) is 44.4 Å². The van der Waals surface area contributed by atoms with Crippen molar-refractivity contribution in [3.63, 3.8) is 0 Å². The first kappa shape index (κ1) is 15.2. The second kappa shape index (κ2) is 7.01. The standard InChI is InChI=1S/C17H25N3O2/c1-22-15-5-2-4-14(12-15)19-13-7-10-20(11-8-13)17(21)16-6-3-9-18-16/h2,4-5,12-13,16,18-19H,3,6-11H2,1H3. The zero-order chi connectivity index (χ0) is 15.4. The number of hydrogen-bond acceptors (Lipinski definition) is 4. The van der Waals surface area contributed by atoms with Crippen LogP contribution in [-0.2, 0) is 4.79 Å². The van der Waals surface area contributed by atoms with E-state index >= 15 is 0 Å². The van der Waals surface area contributed by atoms with E-state index in [2.05, 4.69) is 16.7 Å². The van der Waals surface area contributed by atoms with Crippen LogP contribution in [0.5, 0.6) is 5.75 Å². The molecule has 0 bridgehead atoms. The summed E-state index contributed by atoms with van der Waals surface area (Å²) < 4.78 is 5.25. The first-order valence-electron chi connectivity index (χ1n) is 8.19. The number of anilines is 1. The summed E-state index contributed by atoms with van der Waals surface area (Å²) in [6, 6.07) is 8.49. The van der Waals surface area contributed by atoms with E-state index < -0.39 is 0 Å². The van der Waals surface area contributed by atoms with Gasteiger partial charge in [0.1, 0.15) is 5.75 Å². The molecule has 0 aliphatic carbocycles. The minimum Gasteiger partial charge on any atom is -0.497 e. The van der Waals surface area contributed by atoms with E-state index in [0.717, 1.165) is 56.8 Å². The number of piperidine rings is 1. The number of carbonyl (C=O) groups is 1. The Balaban J connectivity index is 1.49. The van der Waals surface area contributed by atoms with Crippen LogP contribution in [0.2, 0.25) is 0 Å². The Labute approximate surface area is 132 Å². The summed E-state index contributed by atoms with van der Waals surface area (Å²) in [6.07, 6.45) is 4.09. The highest BCUT2D eigenvalue weighted by molar-refractivity contribution is 5.82. The molecular weight excluding hydrogens is 278 g/mol. The van der Waals surface area contributed by atoms with E-state index in [4.69, 9.17) is 4.74 Å². The molecule has 1 amide bonds. The van der Waals surface area contributed by atoms with Crippen molar-refractivity contribution in [3.8, 4) is 5.75 Å². The molecule has 2 saturated heterocycles. The van der Waals surface area contributed by atoms with E-state index in [1.807, 2.05) is 23.1 Å². The third kappa shape index (κ3) is 3.53. The first-order valence-corrected chi connectivity index (χ1v) is 8.19. The molecule has 1 unspecified atom stereocenters. The molecule has 0 saturated carbocycles. The lowest BCUT2D eigenvalue weighted by Gasteiger charge is -2.34. The van der Waals surface area contributed by atoms with E-state index in [1.165, 1.54) is 0 Å². The molecule has 22 heavy (non-hydrogen) atoms. The predicted molar refractivity (Wildman–Crippen MR) is 87.2 cm³/mol. The molecule has 5 heteroatoms. The monoisotopic (exact) mass is 303 g/mol. The highest BCUT2D eigenvalue weighted by atomic mass is 16.5. The molecule has 1 aromatic rings. The second-order valence-corrected chi connectivity index (χ2v) is 6.12. The van der Waals surface area contributed by atoms with Crippen molar-refractivity contribution in [2.75, 3.05) is 32.1 Å². The SMILES string of the molecule is COc1cccc(NC2CCN(C(=O)C3CCCN3)CC2)c1. The lowest BCUT2D eigenvalue weighted by Crippen LogP contribution is -2.48. The maximum atomic E-state index is 12.4. The van der Waals surface area contributed by atoms with Crippen molar-refractivity contribution in [2.45, 2.75) is 37.8 Å². The average molecular weight is 303 g/mol. The van der Waals surface area contributed by atoms with Crippen molar-refractivity contribution >= 4 is 11.6 Å². The maximum absolute atomic E-state index is 12.4. The van der Waals surface area contributed by atoms with Gasteiger partial charge in [0.05, 0.1) is 13.2 Å².